The quantitative estimate of drug-likeness (QED) is 0.440. The van der Waals surface area contributed by atoms with E-state index in [-0.39, 0.29) is 18.9 Å². The standard InChI is InChI=1S/C24H26F2N2O5S/c1-34-11-10-19(22(29)27-20(23(30)31)12-21(25)26)28-24(32)33-13-18-16-8-4-2-6-14(16)15-7-3-5-9-17(15)18/h2-9,18-21H,10-13H2,1H3,(H,27,29)(H,28,32)(H,30,31). The molecule has 0 aliphatic heterocycles. The first-order valence-corrected chi connectivity index (χ1v) is 12.1. The second kappa shape index (κ2) is 11.8. The lowest BCUT2D eigenvalue weighted by Gasteiger charge is -2.21. The molecule has 3 N–H and O–H groups in total. The fourth-order valence-electron chi connectivity index (χ4n) is 3.96. The van der Waals surface area contributed by atoms with Gasteiger partial charge in [0.25, 0.3) is 0 Å². The molecule has 7 nitrogen and oxygen atoms in total. The summed E-state index contributed by atoms with van der Waals surface area (Å²) in [4.78, 5) is 36.3. The van der Waals surface area contributed by atoms with Crippen molar-refractivity contribution >= 4 is 29.7 Å². The Morgan fingerprint density at radius 2 is 1.59 bits per heavy atom. The van der Waals surface area contributed by atoms with Crippen LogP contribution in [0.25, 0.3) is 11.1 Å². The van der Waals surface area contributed by atoms with E-state index in [0.717, 1.165) is 22.3 Å². The number of halogens is 2. The first-order chi connectivity index (χ1) is 16.3. The lowest BCUT2D eigenvalue weighted by Crippen LogP contribution is -2.52. The summed E-state index contributed by atoms with van der Waals surface area (Å²) >= 11 is 1.42. The second-order valence-electron chi connectivity index (χ2n) is 7.83. The Balaban J connectivity index is 1.65. The Morgan fingerprint density at radius 3 is 2.12 bits per heavy atom. The molecule has 0 spiro atoms. The maximum absolute atomic E-state index is 12.7. The number of thioether (sulfide) groups is 1. The van der Waals surface area contributed by atoms with Gasteiger partial charge in [0.2, 0.25) is 12.3 Å². The van der Waals surface area contributed by atoms with Gasteiger partial charge in [-0.05, 0) is 40.7 Å². The average molecular weight is 493 g/mol. The number of hydrogen-bond donors (Lipinski definition) is 3. The highest BCUT2D eigenvalue weighted by Gasteiger charge is 2.31. The predicted molar refractivity (Wildman–Crippen MR) is 125 cm³/mol. The number of carbonyl (C=O) groups is 3. The van der Waals surface area contributed by atoms with Crippen molar-refractivity contribution in [3.63, 3.8) is 0 Å². The third-order valence-electron chi connectivity index (χ3n) is 5.59. The van der Waals surface area contributed by atoms with Crippen LogP contribution in [0.2, 0.25) is 0 Å². The number of alkyl halides is 2. The molecule has 0 saturated heterocycles. The van der Waals surface area contributed by atoms with E-state index in [1.807, 2.05) is 48.5 Å². The molecule has 182 valence electrons. The third-order valence-corrected chi connectivity index (χ3v) is 6.24. The zero-order valence-electron chi connectivity index (χ0n) is 18.5. The second-order valence-corrected chi connectivity index (χ2v) is 8.82. The van der Waals surface area contributed by atoms with Gasteiger partial charge in [0.05, 0.1) is 0 Å². The Kier molecular flexibility index (Phi) is 8.86. The molecule has 2 amide bonds. The molecule has 0 saturated carbocycles. The number of hydrogen-bond acceptors (Lipinski definition) is 5. The van der Waals surface area contributed by atoms with Gasteiger partial charge in [-0.2, -0.15) is 11.8 Å². The molecule has 1 aliphatic carbocycles. The molecule has 0 fully saturated rings. The van der Waals surface area contributed by atoms with E-state index in [9.17, 15) is 23.2 Å². The van der Waals surface area contributed by atoms with Gasteiger partial charge >= 0.3 is 12.1 Å². The summed E-state index contributed by atoms with van der Waals surface area (Å²) in [6.07, 6.45) is -2.79. The van der Waals surface area contributed by atoms with Crippen LogP contribution >= 0.6 is 11.8 Å². The summed E-state index contributed by atoms with van der Waals surface area (Å²) in [6, 6.07) is 12.8. The minimum absolute atomic E-state index is 0.0415. The van der Waals surface area contributed by atoms with Crippen LogP contribution in [0.3, 0.4) is 0 Å². The number of carboxylic acids is 1. The SMILES string of the molecule is CSCCC(NC(=O)OCC1c2ccccc2-c2ccccc21)C(=O)NC(CC(F)F)C(=O)O. The van der Waals surface area contributed by atoms with Gasteiger partial charge in [-0.25, -0.2) is 18.4 Å². The van der Waals surface area contributed by atoms with Gasteiger partial charge in [-0.3, -0.25) is 4.79 Å². The molecule has 0 heterocycles. The van der Waals surface area contributed by atoms with Crippen molar-refractivity contribution in [3.8, 4) is 11.1 Å². The monoisotopic (exact) mass is 492 g/mol. The summed E-state index contributed by atoms with van der Waals surface area (Å²) in [6.45, 7) is 0.0415. The van der Waals surface area contributed by atoms with Crippen LogP contribution in [0.15, 0.2) is 48.5 Å². The molecule has 3 rings (SSSR count). The summed E-state index contributed by atoms with van der Waals surface area (Å²) in [5, 5.41) is 13.7. The zero-order chi connectivity index (χ0) is 24.7. The van der Waals surface area contributed by atoms with Crippen LogP contribution < -0.4 is 10.6 Å². The lowest BCUT2D eigenvalue weighted by molar-refractivity contribution is -0.143. The van der Waals surface area contributed by atoms with Crippen LogP contribution in [-0.4, -0.2) is 60.2 Å². The van der Waals surface area contributed by atoms with Gasteiger partial charge < -0.3 is 20.5 Å². The lowest BCUT2D eigenvalue weighted by atomic mass is 9.98. The van der Waals surface area contributed by atoms with E-state index in [2.05, 4.69) is 10.6 Å². The molecule has 2 atom stereocenters. The van der Waals surface area contributed by atoms with Gasteiger partial charge in [-0.15, -0.1) is 0 Å². The number of amides is 2. The van der Waals surface area contributed by atoms with Gasteiger partial charge in [-0.1, -0.05) is 48.5 Å². The summed E-state index contributed by atoms with van der Waals surface area (Å²) in [7, 11) is 0. The largest absolute Gasteiger partial charge is 0.480 e. The van der Waals surface area contributed by atoms with E-state index in [0.29, 0.717) is 5.75 Å². The van der Waals surface area contributed by atoms with Gasteiger partial charge in [0, 0.05) is 12.3 Å². The highest BCUT2D eigenvalue weighted by molar-refractivity contribution is 7.98. The van der Waals surface area contributed by atoms with Crippen LogP contribution in [0.4, 0.5) is 13.6 Å². The van der Waals surface area contributed by atoms with Crippen molar-refractivity contribution in [3.05, 3.63) is 59.7 Å². The first kappa shape index (κ1) is 25.5. The smallest absolute Gasteiger partial charge is 0.407 e. The molecule has 2 unspecified atom stereocenters. The molecule has 1 aliphatic rings. The van der Waals surface area contributed by atoms with E-state index < -0.39 is 42.9 Å². The van der Waals surface area contributed by atoms with Crippen LogP contribution in [-0.2, 0) is 14.3 Å². The number of aliphatic carboxylic acids is 1. The average Bonchev–Trinajstić information content (AvgIpc) is 3.13. The van der Waals surface area contributed by atoms with E-state index in [1.165, 1.54) is 11.8 Å². The van der Waals surface area contributed by atoms with Crippen LogP contribution in [0.5, 0.6) is 0 Å². The fourth-order valence-corrected chi connectivity index (χ4v) is 4.43. The molecular formula is C24H26F2N2O5S. The highest BCUT2D eigenvalue weighted by Crippen LogP contribution is 2.44. The number of carboxylic acid groups (broad SMARTS) is 1. The zero-order valence-corrected chi connectivity index (χ0v) is 19.3. The Hall–Kier alpha value is -3.14. The van der Waals surface area contributed by atoms with Gasteiger partial charge in [0.1, 0.15) is 18.7 Å². The Labute approximate surface area is 200 Å². The normalized spacial score (nSPS) is 14.1. The van der Waals surface area contributed by atoms with Crippen LogP contribution in [0, 0.1) is 0 Å². The molecule has 2 aromatic rings. The number of alkyl carbamates (subject to hydrolysis) is 1. The summed E-state index contributed by atoms with van der Waals surface area (Å²) in [5.74, 6) is -2.11. The number of nitrogens with one attached hydrogen (secondary N) is 2. The van der Waals surface area contributed by atoms with Crippen molar-refractivity contribution in [2.45, 2.75) is 37.3 Å². The molecule has 0 radical (unpaired) electrons. The Morgan fingerprint density at radius 1 is 1.00 bits per heavy atom. The van der Waals surface area contributed by atoms with Crippen molar-refractivity contribution in [1.82, 2.24) is 10.6 Å². The topological polar surface area (TPSA) is 105 Å². The van der Waals surface area contributed by atoms with E-state index in [1.54, 1.807) is 6.26 Å². The maximum atomic E-state index is 12.7. The van der Waals surface area contributed by atoms with Crippen LogP contribution in [0.1, 0.15) is 29.9 Å². The predicted octanol–water partition coefficient (Wildman–Crippen LogP) is 3.87. The molecule has 34 heavy (non-hydrogen) atoms. The minimum Gasteiger partial charge on any atom is -0.480 e. The van der Waals surface area contributed by atoms with Gasteiger partial charge in [0.15, 0.2) is 0 Å². The number of benzene rings is 2. The van der Waals surface area contributed by atoms with Crippen molar-refractivity contribution in [2.75, 3.05) is 18.6 Å². The fraction of sp³-hybridized carbons (Fsp3) is 0.375. The number of rotatable bonds is 11. The summed E-state index contributed by atoms with van der Waals surface area (Å²) in [5.41, 5.74) is 4.21. The molecule has 0 bridgehead atoms. The van der Waals surface area contributed by atoms with Crippen molar-refractivity contribution < 1.29 is 33.0 Å². The molecule has 10 heteroatoms. The van der Waals surface area contributed by atoms with Crippen molar-refractivity contribution in [2.24, 2.45) is 0 Å². The third kappa shape index (κ3) is 6.25. The summed E-state index contributed by atoms with van der Waals surface area (Å²) < 4.78 is 30.8. The van der Waals surface area contributed by atoms with E-state index in [4.69, 9.17) is 9.84 Å². The molecular weight excluding hydrogens is 466 g/mol. The number of fused-ring (bicyclic) bond motifs is 3. The minimum atomic E-state index is -2.90. The Bertz CT molecular complexity index is 990. The number of ether oxygens (including phenoxy) is 1. The number of carbonyl (C=O) groups excluding carboxylic acids is 2. The van der Waals surface area contributed by atoms with E-state index >= 15 is 0 Å². The first-order valence-electron chi connectivity index (χ1n) is 10.7. The maximum Gasteiger partial charge on any atom is 0.407 e. The van der Waals surface area contributed by atoms with Crippen molar-refractivity contribution in [1.29, 1.82) is 0 Å². The highest BCUT2D eigenvalue weighted by atomic mass is 32.2. The molecule has 0 aromatic heterocycles. The molecule has 2 aromatic carbocycles.